The lowest BCUT2D eigenvalue weighted by molar-refractivity contribution is 0.431. The van der Waals surface area contributed by atoms with Gasteiger partial charge in [-0.25, -0.2) is 4.39 Å². The van der Waals surface area contributed by atoms with Crippen LogP contribution in [0.3, 0.4) is 0 Å². The van der Waals surface area contributed by atoms with Crippen molar-refractivity contribution < 1.29 is 9.13 Å². The Morgan fingerprint density at radius 3 is 2.71 bits per heavy atom. The summed E-state index contributed by atoms with van der Waals surface area (Å²) >= 11 is 6.81. The van der Waals surface area contributed by atoms with E-state index in [1.54, 1.807) is 12.1 Å². The number of ether oxygens (including phenoxy) is 1. The highest BCUT2D eigenvalue weighted by molar-refractivity contribution is 9.11. The van der Waals surface area contributed by atoms with E-state index in [-0.39, 0.29) is 11.6 Å². The molecule has 21 heavy (non-hydrogen) atoms. The molecule has 0 aliphatic heterocycles. The first-order chi connectivity index (χ1) is 10.1. The first-order valence-corrected chi connectivity index (χ1v) is 8.31. The standard InChI is InChI=1S/C16H16Br2FNO/c1-2-8-20-10-11-4-3-5-14(19)16(11)21-15-7-6-12(17)9-13(15)18/h3-7,9,20H,2,8,10H2,1H3. The van der Waals surface area contributed by atoms with E-state index in [1.807, 2.05) is 18.2 Å². The van der Waals surface area contributed by atoms with Crippen LogP contribution in [0.5, 0.6) is 11.5 Å². The quantitative estimate of drug-likeness (QED) is 0.615. The van der Waals surface area contributed by atoms with Crippen LogP contribution in [0, 0.1) is 5.82 Å². The maximum Gasteiger partial charge on any atom is 0.167 e. The third-order valence-corrected chi connectivity index (χ3v) is 4.01. The summed E-state index contributed by atoms with van der Waals surface area (Å²) in [4.78, 5) is 0. The van der Waals surface area contributed by atoms with E-state index in [0.717, 1.165) is 27.5 Å². The number of hydrogen-bond acceptors (Lipinski definition) is 2. The molecule has 0 amide bonds. The number of nitrogens with one attached hydrogen (secondary N) is 1. The van der Waals surface area contributed by atoms with Crippen LogP contribution in [0.25, 0.3) is 0 Å². The molecule has 2 aromatic carbocycles. The SMILES string of the molecule is CCCNCc1cccc(F)c1Oc1ccc(Br)cc1Br. The highest BCUT2D eigenvalue weighted by Gasteiger charge is 2.12. The Morgan fingerprint density at radius 2 is 2.00 bits per heavy atom. The van der Waals surface area contributed by atoms with Crippen LogP contribution in [0.2, 0.25) is 0 Å². The van der Waals surface area contributed by atoms with Gasteiger partial charge < -0.3 is 10.1 Å². The third kappa shape index (κ3) is 4.53. The van der Waals surface area contributed by atoms with Gasteiger partial charge in [0.1, 0.15) is 5.75 Å². The van der Waals surface area contributed by atoms with Gasteiger partial charge in [-0.1, -0.05) is 35.0 Å². The Hall–Kier alpha value is -0.910. The van der Waals surface area contributed by atoms with Gasteiger partial charge in [0, 0.05) is 16.6 Å². The van der Waals surface area contributed by atoms with E-state index in [2.05, 4.69) is 44.1 Å². The van der Waals surface area contributed by atoms with E-state index in [9.17, 15) is 4.39 Å². The van der Waals surface area contributed by atoms with E-state index in [1.165, 1.54) is 6.07 Å². The fourth-order valence-electron chi connectivity index (χ4n) is 1.87. The van der Waals surface area contributed by atoms with Crippen LogP contribution in [0.15, 0.2) is 45.3 Å². The highest BCUT2D eigenvalue weighted by atomic mass is 79.9. The Kier molecular flexibility index (Phi) is 6.21. The van der Waals surface area contributed by atoms with E-state index >= 15 is 0 Å². The van der Waals surface area contributed by atoms with Crippen molar-refractivity contribution in [1.82, 2.24) is 5.32 Å². The molecule has 0 fully saturated rings. The van der Waals surface area contributed by atoms with Crippen LogP contribution in [0.4, 0.5) is 4.39 Å². The van der Waals surface area contributed by atoms with Gasteiger partial charge in [0.15, 0.2) is 11.6 Å². The van der Waals surface area contributed by atoms with Crippen LogP contribution in [-0.2, 0) is 6.54 Å². The van der Waals surface area contributed by atoms with Crippen molar-refractivity contribution in [2.75, 3.05) is 6.54 Å². The molecule has 0 aromatic heterocycles. The molecule has 0 unspecified atom stereocenters. The van der Waals surface area contributed by atoms with Crippen LogP contribution in [-0.4, -0.2) is 6.54 Å². The van der Waals surface area contributed by atoms with Gasteiger partial charge in [-0.2, -0.15) is 0 Å². The fourth-order valence-corrected chi connectivity index (χ4v) is 3.00. The molecule has 0 atom stereocenters. The first-order valence-electron chi connectivity index (χ1n) is 6.73. The lowest BCUT2D eigenvalue weighted by Gasteiger charge is -2.14. The number of rotatable bonds is 6. The molecule has 0 saturated heterocycles. The van der Waals surface area contributed by atoms with Crippen molar-refractivity contribution in [2.45, 2.75) is 19.9 Å². The summed E-state index contributed by atoms with van der Waals surface area (Å²) in [5, 5.41) is 3.26. The Balaban J connectivity index is 2.25. The Bertz CT molecular complexity index is 619. The molecule has 0 radical (unpaired) electrons. The zero-order valence-corrected chi connectivity index (χ0v) is 14.8. The van der Waals surface area contributed by atoms with Crippen LogP contribution < -0.4 is 10.1 Å². The van der Waals surface area contributed by atoms with Gasteiger partial charge in [-0.05, 0) is 53.2 Å². The Morgan fingerprint density at radius 1 is 1.19 bits per heavy atom. The van der Waals surface area contributed by atoms with Gasteiger partial charge in [0.05, 0.1) is 4.47 Å². The number of para-hydroxylation sites is 1. The van der Waals surface area contributed by atoms with Gasteiger partial charge in [0.25, 0.3) is 0 Å². The molecule has 112 valence electrons. The van der Waals surface area contributed by atoms with Crippen molar-refractivity contribution in [1.29, 1.82) is 0 Å². The second-order valence-corrected chi connectivity index (χ2v) is 6.35. The predicted octanol–water partition coefficient (Wildman–Crippen LogP) is 5.64. The lowest BCUT2D eigenvalue weighted by atomic mass is 10.2. The van der Waals surface area contributed by atoms with Crippen molar-refractivity contribution in [3.8, 4) is 11.5 Å². The normalized spacial score (nSPS) is 10.7. The maximum atomic E-state index is 14.1. The zero-order valence-electron chi connectivity index (χ0n) is 11.6. The first kappa shape index (κ1) is 16.5. The molecule has 0 aliphatic rings. The molecule has 2 rings (SSSR count). The average molecular weight is 417 g/mol. The zero-order chi connectivity index (χ0) is 15.2. The second kappa shape index (κ2) is 7.92. The Labute approximate surface area is 141 Å². The number of halogens is 3. The molecular formula is C16H16Br2FNO. The number of benzene rings is 2. The molecule has 0 heterocycles. The minimum atomic E-state index is -0.361. The topological polar surface area (TPSA) is 21.3 Å². The molecule has 1 N–H and O–H groups in total. The second-order valence-electron chi connectivity index (χ2n) is 4.58. The summed E-state index contributed by atoms with van der Waals surface area (Å²) in [6.07, 6.45) is 1.03. The summed E-state index contributed by atoms with van der Waals surface area (Å²) in [5.41, 5.74) is 0.804. The maximum absolute atomic E-state index is 14.1. The molecular weight excluding hydrogens is 401 g/mol. The van der Waals surface area contributed by atoms with Gasteiger partial charge in [-0.15, -0.1) is 0 Å². The van der Waals surface area contributed by atoms with Crippen molar-refractivity contribution in [3.05, 3.63) is 56.7 Å². The average Bonchev–Trinajstić information content (AvgIpc) is 2.45. The monoisotopic (exact) mass is 415 g/mol. The summed E-state index contributed by atoms with van der Waals surface area (Å²) in [5.74, 6) is 0.491. The predicted molar refractivity (Wildman–Crippen MR) is 90.3 cm³/mol. The minimum Gasteiger partial charge on any atom is -0.453 e. The van der Waals surface area contributed by atoms with Gasteiger partial charge in [0.2, 0.25) is 0 Å². The minimum absolute atomic E-state index is 0.268. The molecule has 0 spiro atoms. The molecule has 5 heteroatoms. The molecule has 2 aromatic rings. The van der Waals surface area contributed by atoms with E-state index < -0.39 is 0 Å². The molecule has 2 nitrogen and oxygen atoms in total. The lowest BCUT2D eigenvalue weighted by Crippen LogP contribution is -2.14. The van der Waals surface area contributed by atoms with E-state index in [4.69, 9.17) is 4.74 Å². The summed E-state index contributed by atoms with van der Waals surface area (Å²) in [6.45, 7) is 3.56. The van der Waals surface area contributed by atoms with Crippen molar-refractivity contribution >= 4 is 31.9 Å². The van der Waals surface area contributed by atoms with Crippen molar-refractivity contribution in [2.24, 2.45) is 0 Å². The summed E-state index contributed by atoms with van der Waals surface area (Å²) in [7, 11) is 0. The molecule has 0 bridgehead atoms. The van der Waals surface area contributed by atoms with Crippen LogP contribution >= 0.6 is 31.9 Å². The molecule has 0 aliphatic carbocycles. The summed E-state index contributed by atoms with van der Waals surface area (Å²) < 4.78 is 21.6. The fraction of sp³-hybridized carbons (Fsp3) is 0.250. The molecule has 0 saturated carbocycles. The van der Waals surface area contributed by atoms with Gasteiger partial charge in [-0.3, -0.25) is 0 Å². The van der Waals surface area contributed by atoms with Gasteiger partial charge >= 0.3 is 0 Å². The largest absolute Gasteiger partial charge is 0.453 e. The van der Waals surface area contributed by atoms with E-state index in [0.29, 0.717) is 12.3 Å². The third-order valence-electron chi connectivity index (χ3n) is 2.90. The van der Waals surface area contributed by atoms with Crippen LogP contribution in [0.1, 0.15) is 18.9 Å². The smallest absolute Gasteiger partial charge is 0.167 e. The summed E-state index contributed by atoms with van der Waals surface area (Å²) in [6, 6.07) is 10.5. The van der Waals surface area contributed by atoms with Crippen molar-refractivity contribution in [3.63, 3.8) is 0 Å². The number of hydrogen-bond donors (Lipinski definition) is 1. The highest BCUT2D eigenvalue weighted by Crippen LogP contribution is 2.34.